The summed E-state index contributed by atoms with van der Waals surface area (Å²) in [4.78, 5) is 2.67. The van der Waals surface area contributed by atoms with Crippen molar-refractivity contribution in [2.75, 3.05) is 26.3 Å². The summed E-state index contributed by atoms with van der Waals surface area (Å²) in [5.74, 6) is 0. The van der Waals surface area contributed by atoms with Crippen molar-refractivity contribution >= 4 is 0 Å². The SMILES string of the molecule is CCCC(CCC)(c1ccccc1)N1CCOCC1. The zero-order valence-corrected chi connectivity index (χ0v) is 12.4. The van der Waals surface area contributed by atoms with Gasteiger partial charge in [-0.25, -0.2) is 0 Å². The highest BCUT2D eigenvalue weighted by molar-refractivity contribution is 5.25. The molecule has 1 aliphatic rings. The van der Waals surface area contributed by atoms with Gasteiger partial charge in [0, 0.05) is 18.6 Å². The van der Waals surface area contributed by atoms with E-state index in [0.29, 0.717) is 0 Å². The molecule has 0 aromatic heterocycles. The summed E-state index contributed by atoms with van der Waals surface area (Å²) in [6, 6.07) is 11.1. The lowest BCUT2D eigenvalue weighted by molar-refractivity contribution is -0.0333. The highest BCUT2D eigenvalue weighted by Crippen LogP contribution is 2.38. The molecule has 0 radical (unpaired) electrons. The molecule has 106 valence electrons. The number of hydrogen-bond acceptors (Lipinski definition) is 2. The largest absolute Gasteiger partial charge is 0.379 e. The fourth-order valence-electron chi connectivity index (χ4n) is 3.48. The van der Waals surface area contributed by atoms with E-state index in [0.717, 1.165) is 26.3 Å². The molecule has 0 amide bonds. The maximum Gasteiger partial charge on any atom is 0.0594 e. The van der Waals surface area contributed by atoms with Gasteiger partial charge >= 0.3 is 0 Å². The van der Waals surface area contributed by atoms with Gasteiger partial charge in [0.05, 0.1) is 13.2 Å². The smallest absolute Gasteiger partial charge is 0.0594 e. The van der Waals surface area contributed by atoms with Crippen molar-refractivity contribution < 1.29 is 4.74 Å². The molecule has 2 heteroatoms. The van der Waals surface area contributed by atoms with Gasteiger partial charge in [-0.2, -0.15) is 0 Å². The molecular weight excluding hydrogens is 234 g/mol. The van der Waals surface area contributed by atoms with Crippen LogP contribution in [0, 0.1) is 0 Å². The van der Waals surface area contributed by atoms with Crippen molar-refractivity contribution in [2.24, 2.45) is 0 Å². The summed E-state index contributed by atoms with van der Waals surface area (Å²) < 4.78 is 5.55. The Hall–Kier alpha value is -0.860. The minimum absolute atomic E-state index is 0.217. The minimum atomic E-state index is 0.217. The van der Waals surface area contributed by atoms with E-state index in [1.807, 2.05) is 0 Å². The lowest BCUT2D eigenvalue weighted by atomic mass is 9.79. The molecule has 0 N–H and O–H groups in total. The van der Waals surface area contributed by atoms with Gasteiger partial charge in [-0.15, -0.1) is 0 Å². The lowest BCUT2D eigenvalue weighted by Gasteiger charge is -2.46. The normalized spacial score (nSPS) is 17.6. The Kier molecular flexibility index (Phi) is 5.41. The third kappa shape index (κ3) is 3.18. The molecule has 0 bridgehead atoms. The quantitative estimate of drug-likeness (QED) is 0.772. The van der Waals surface area contributed by atoms with Crippen molar-refractivity contribution in [2.45, 2.75) is 45.1 Å². The zero-order chi connectivity index (χ0) is 13.6. The van der Waals surface area contributed by atoms with Gasteiger partial charge in [-0.3, -0.25) is 4.90 Å². The number of morpholine rings is 1. The molecular formula is C17H27NO. The van der Waals surface area contributed by atoms with Crippen LogP contribution in [0.4, 0.5) is 0 Å². The molecule has 1 fully saturated rings. The summed E-state index contributed by atoms with van der Waals surface area (Å²) >= 11 is 0. The molecule has 2 nitrogen and oxygen atoms in total. The lowest BCUT2D eigenvalue weighted by Crippen LogP contribution is -2.51. The number of benzene rings is 1. The molecule has 1 heterocycles. The molecule has 19 heavy (non-hydrogen) atoms. The fourth-order valence-corrected chi connectivity index (χ4v) is 3.48. The number of ether oxygens (including phenoxy) is 1. The highest BCUT2D eigenvalue weighted by atomic mass is 16.5. The number of nitrogens with zero attached hydrogens (tertiary/aromatic N) is 1. The second kappa shape index (κ2) is 7.06. The van der Waals surface area contributed by atoms with Crippen LogP contribution in [-0.4, -0.2) is 31.2 Å². The van der Waals surface area contributed by atoms with Crippen LogP contribution in [0.5, 0.6) is 0 Å². The van der Waals surface area contributed by atoms with Crippen LogP contribution in [0.1, 0.15) is 45.1 Å². The maximum atomic E-state index is 5.55. The van der Waals surface area contributed by atoms with Gasteiger partial charge < -0.3 is 4.74 Å². The first-order valence-corrected chi connectivity index (χ1v) is 7.72. The Bertz CT molecular complexity index is 351. The fraction of sp³-hybridized carbons (Fsp3) is 0.647. The van der Waals surface area contributed by atoms with Crippen LogP contribution in [-0.2, 0) is 10.3 Å². The molecule has 1 aromatic rings. The molecule has 1 saturated heterocycles. The number of rotatable bonds is 6. The van der Waals surface area contributed by atoms with E-state index in [4.69, 9.17) is 4.74 Å². The molecule has 0 spiro atoms. The zero-order valence-electron chi connectivity index (χ0n) is 12.4. The van der Waals surface area contributed by atoms with E-state index in [1.165, 1.54) is 31.2 Å². The van der Waals surface area contributed by atoms with Crippen LogP contribution in [0.2, 0.25) is 0 Å². The third-order valence-electron chi connectivity index (χ3n) is 4.25. The Morgan fingerprint density at radius 1 is 1.00 bits per heavy atom. The molecule has 1 aromatic carbocycles. The van der Waals surface area contributed by atoms with E-state index in [-0.39, 0.29) is 5.54 Å². The Labute approximate surface area is 117 Å². The standard InChI is InChI=1S/C17H27NO/c1-3-10-17(11-4-2,16-8-6-5-7-9-16)18-12-14-19-15-13-18/h5-9H,3-4,10-15H2,1-2H3. The van der Waals surface area contributed by atoms with Crippen LogP contribution in [0.15, 0.2) is 30.3 Å². The molecule has 0 atom stereocenters. The van der Waals surface area contributed by atoms with Gasteiger partial charge in [0.1, 0.15) is 0 Å². The monoisotopic (exact) mass is 261 g/mol. The van der Waals surface area contributed by atoms with E-state index in [9.17, 15) is 0 Å². The minimum Gasteiger partial charge on any atom is -0.379 e. The first-order chi connectivity index (χ1) is 9.33. The predicted octanol–water partition coefficient (Wildman–Crippen LogP) is 3.81. The van der Waals surface area contributed by atoms with Crippen LogP contribution < -0.4 is 0 Å². The van der Waals surface area contributed by atoms with Crippen LogP contribution >= 0.6 is 0 Å². The first kappa shape index (κ1) is 14.5. The van der Waals surface area contributed by atoms with Gasteiger partial charge in [-0.05, 0) is 18.4 Å². The average molecular weight is 261 g/mol. The topological polar surface area (TPSA) is 12.5 Å². The Balaban J connectivity index is 2.34. The molecule has 2 rings (SSSR count). The van der Waals surface area contributed by atoms with Crippen molar-refractivity contribution in [1.82, 2.24) is 4.90 Å². The molecule has 1 aliphatic heterocycles. The van der Waals surface area contributed by atoms with E-state index in [2.05, 4.69) is 49.1 Å². The van der Waals surface area contributed by atoms with Crippen molar-refractivity contribution in [3.63, 3.8) is 0 Å². The van der Waals surface area contributed by atoms with Gasteiger partial charge in [0.15, 0.2) is 0 Å². The summed E-state index contributed by atoms with van der Waals surface area (Å²) in [6.45, 7) is 8.48. The van der Waals surface area contributed by atoms with Gasteiger partial charge in [0.2, 0.25) is 0 Å². The van der Waals surface area contributed by atoms with E-state index >= 15 is 0 Å². The van der Waals surface area contributed by atoms with Crippen molar-refractivity contribution in [3.05, 3.63) is 35.9 Å². The summed E-state index contributed by atoms with van der Waals surface area (Å²) in [6.07, 6.45) is 4.94. The molecule has 0 saturated carbocycles. The average Bonchev–Trinajstić information content (AvgIpc) is 2.49. The van der Waals surface area contributed by atoms with Gasteiger partial charge in [-0.1, -0.05) is 57.0 Å². The van der Waals surface area contributed by atoms with Crippen molar-refractivity contribution in [1.29, 1.82) is 0 Å². The predicted molar refractivity (Wildman–Crippen MR) is 80.3 cm³/mol. The third-order valence-corrected chi connectivity index (χ3v) is 4.25. The Morgan fingerprint density at radius 2 is 1.58 bits per heavy atom. The van der Waals surface area contributed by atoms with E-state index < -0.39 is 0 Å². The summed E-state index contributed by atoms with van der Waals surface area (Å²) in [7, 11) is 0. The summed E-state index contributed by atoms with van der Waals surface area (Å²) in [5, 5.41) is 0. The van der Waals surface area contributed by atoms with Crippen LogP contribution in [0.25, 0.3) is 0 Å². The Morgan fingerprint density at radius 3 is 2.11 bits per heavy atom. The second-order valence-electron chi connectivity index (χ2n) is 5.50. The summed E-state index contributed by atoms with van der Waals surface area (Å²) in [5.41, 5.74) is 1.70. The second-order valence-corrected chi connectivity index (χ2v) is 5.50. The molecule has 0 aliphatic carbocycles. The number of hydrogen-bond donors (Lipinski definition) is 0. The first-order valence-electron chi connectivity index (χ1n) is 7.72. The van der Waals surface area contributed by atoms with Crippen molar-refractivity contribution in [3.8, 4) is 0 Å². The van der Waals surface area contributed by atoms with Gasteiger partial charge in [0.25, 0.3) is 0 Å². The highest BCUT2D eigenvalue weighted by Gasteiger charge is 2.37. The van der Waals surface area contributed by atoms with E-state index in [1.54, 1.807) is 0 Å². The van der Waals surface area contributed by atoms with Crippen LogP contribution in [0.3, 0.4) is 0 Å². The maximum absolute atomic E-state index is 5.55. The molecule has 0 unspecified atom stereocenters.